The molecule has 0 atom stereocenters. The zero-order valence-corrected chi connectivity index (χ0v) is 6.41. The molecule has 1 aromatic rings. The summed E-state index contributed by atoms with van der Waals surface area (Å²) in [5.74, 6) is 0. The summed E-state index contributed by atoms with van der Waals surface area (Å²) in [5.41, 5.74) is 2.14. The number of rotatable bonds is 0. The molecule has 0 aliphatic carbocycles. The van der Waals surface area contributed by atoms with Gasteiger partial charge in [0.25, 0.3) is 0 Å². The van der Waals surface area contributed by atoms with Gasteiger partial charge < -0.3 is 5.32 Å². The van der Waals surface area contributed by atoms with Gasteiger partial charge in [-0.2, -0.15) is 0 Å². The quantitative estimate of drug-likeness (QED) is 0.577. The molecule has 1 N–H and O–H groups in total. The van der Waals surface area contributed by atoms with E-state index in [1.807, 2.05) is 6.20 Å². The molecular weight excluding hydrogens is 140 g/mol. The van der Waals surface area contributed by atoms with E-state index < -0.39 is 0 Å². The zero-order valence-electron chi connectivity index (χ0n) is 6.41. The molecule has 1 aliphatic rings. The van der Waals surface area contributed by atoms with Crippen molar-refractivity contribution in [2.75, 3.05) is 19.0 Å². The fraction of sp³-hybridized carbons (Fsp3) is 0.429. The Balaban J connectivity index is 2.34. The molecule has 1 aliphatic heterocycles. The number of nitrogens with one attached hydrogen (secondary N) is 1. The van der Waals surface area contributed by atoms with Crippen LogP contribution in [0.25, 0.3) is 0 Å². The molecule has 58 valence electrons. The molecule has 0 fully saturated rings. The monoisotopic (exact) mass is 150 g/mol. The van der Waals surface area contributed by atoms with Crippen molar-refractivity contribution >= 4 is 5.69 Å². The Bertz CT molecular complexity index is 260. The van der Waals surface area contributed by atoms with Crippen LogP contribution in [0.2, 0.25) is 0 Å². The van der Waals surface area contributed by atoms with Crippen LogP contribution in [0.15, 0.2) is 12.5 Å². The highest BCUT2D eigenvalue weighted by Crippen LogP contribution is 2.15. The second-order valence-electron chi connectivity index (χ2n) is 2.73. The van der Waals surface area contributed by atoms with Crippen molar-refractivity contribution < 1.29 is 0 Å². The van der Waals surface area contributed by atoms with Gasteiger partial charge in [-0.05, 0) is 7.05 Å². The van der Waals surface area contributed by atoms with Crippen molar-refractivity contribution in [2.45, 2.75) is 6.54 Å². The molecule has 0 radical (unpaired) electrons. The summed E-state index contributed by atoms with van der Waals surface area (Å²) in [6.45, 7) is 1.78. The van der Waals surface area contributed by atoms with Gasteiger partial charge in [-0.3, -0.25) is 4.90 Å². The molecule has 2 rings (SSSR count). The van der Waals surface area contributed by atoms with Gasteiger partial charge in [-0.15, -0.1) is 0 Å². The maximum absolute atomic E-state index is 4.15. The summed E-state index contributed by atoms with van der Waals surface area (Å²) < 4.78 is 0. The first-order valence-electron chi connectivity index (χ1n) is 3.57. The van der Waals surface area contributed by atoms with E-state index in [0.717, 1.165) is 24.6 Å². The van der Waals surface area contributed by atoms with E-state index >= 15 is 0 Å². The Hall–Kier alpha value is -1.16. The molecular formula is C7H10N4. The van der Waals surface area contributed by atoms with Crippen LogP contribution in [-0.4, -0.2) is 28.6 Å². The SMILES string of the molecule is CN1CNc2cncnc2C1. The summed E-state index contributed by atoms with van der Waals surface area (Å²) in [7, 11) is 2.05. The van der Waals surface area contributed by atoms with E-state index in [4.69, 9.17) is 0 Å². The minimum Gasteiger partial charge on any atom is -0.370 e. The van der Waals surface area contributed by atoms with Crippen LogP contribution >= 0.6 is 0 Å². The van der Waals surface area contributed by atoms with Crippen LogP contribution in [0.1, 0.15) is 5.69 Å². The lowest BCUT2D eigenvalue weighted by Crippen LogP contribution is -2.30. The number of hydrogen-bond donors (Lipinski definition) is 1. The molecule has 0 bridgehead atoms. The number of anilines is 1. The molecule has 4 nitrogen and oxygen atoms in total. The Morgan fingerprint density at radius 1 is 1.64 bits per heavy atom. The fourth-order valence-electron chi connectivity index (χ4n) is 1.16. The van der Waals surface area contributed by atoms with Crippen molar-refractivity contribution in [1.82, 2.24) is 14.9 Å². The smallest absolute Gasteiger partial charge is 0.115 e. The Morgan fingerprint density at radius 2 is 2.55 bits per heavy atom. The lowest BCUT2D eigenvalue weighted by Gasteiger charge is -2.24. The molecule has 0 aromatic carbocycles. The third-order valence-electron chi connectivity index (χ3n) is 1.75. The van der Waals surface area contributed by atoms with Crippen LogP contribution in [0.3, 0.4) is 0 Å². The normalized spacial score (nSPS) is 17.2. The molecule has 11 heavy (non-hydrogen) atoms. The molecule has 0 saturated carbocycles. The van der Waals surface area contributed by atoms with Gasteiger partial charge in [0, 0.05) is 6.54 Å². The van der Waals surface area contributed by atoms with E-state index in [2.05, 4.69) is 27.2 Å². The highest BCUT2D eigenvalue weighted by Gasteiger charge is 2.11. The van der Waals surface area contributed by atoms with E-state index in [1.54, 1.807) is 6.33 Å². The minimum absolute atomic E-state index is 0.875. The van der Waals surface area contributed by atoms with Gasteiger partial charge in [-0.1, -0.05) is 0 Å². The molecule has 0 spiro atoms. The first-order valence-corrected chi connectivity index (χ1v) is 3.57. The van der Waals surface area contributed by atoms with E-state index in [0.29, 0.717) is 0 Å². The number of nitrogens with zero attached hydrogens (tertiary/aromatic N) is 3. The van der Waals surface area contributed by atoms with Crippen molar-refractivity contribution in [3.05, 3.63) is 18.2 Å². The summed E-state index contributed by atoms with van der Waals surface area (Å²) in [6.07, 6.45) is 3.40. The first kappa shape index (κ1) is 6.54. The third kappa shape index (κ3) is 1.17. The lowest BCUT2D eigenvalue weighted by atomic mass is 10.3. The Kier molecular flexibility index (Phi) is 1.47. The maximum atomic E-state index is 4.15. The first-order chi connectivity index (χ1) is 5.36. The summed E-state index contributed by atoms with van der Waals surface area (Å²) in [5, 5.41) is 3.21. The number of hydrogen-bond acceptors (Lipinski definition) is 4. The zero-order chi connectivity index (χ0) is 7.68. The van der Waals surface area contributed by atoms with Gasteiger partial charge in [0.1, 0.15) is 6.33 Å². The lowest BCUT2D eigenvalue weighted by molar-refractivity contribution is 0.334. The van der Waals surface area contributed by atoms with Crippen molar-refractivity contribution in [2.24, 2.45) is 0 Å². The second kappa shape index (κ2) is 2.47. The fourth-order valence-corrected chi connectivity index (χ4v) is 1.16. The van der Waals surface area contributed by atoms with Gasteiger partial charge in [0.05, 0.1) is 24.2 Å². The van der Waals surface area contributed by atoms with E-state index in [1.165, 1.54) is 0 Å². The highest BCUT2D eigenvalue weighted by atomic mass is 15.2. The Morgan fingerprint density at radius 3 is 3.45 bits per heavy atom. The standard InChI is InChI=1S/C7H10N4/c1-11-3-7-6(10-5-11)2-8-4-9-7/h2,4,10H,3,5H2,1H3. The molecule has 0 amide bonds. The minimum atomic E-state index is 0.875. The van der Waals surface area contributed by atoms with E-state index in [9.17, 15) is 0 Å². The summed E-state index contributed by atoms with van der Waals surface area (Å²) in [4.78, 5) is 10.2. The molecule has 1 aromatic heterocycles. The molecule has 4 heteroatoms. The molecule has 0 unspecified atom stereocenters. The predicted octanol–water partition coefficient (Wildman–Crippen LogP) is 0.291. The van der Waals surface area contributed by atoms with Gasteiger partial charge >= 0.3 is 0 Å². The predicted molar refractivity (Wildman–Crippen MR) is 42.0 cm³/mol. The highest BCUT2D eigenvalue weighted by molar-refractivity contribution is 5.46. The van der Waals surface area contributed by atoms with Crippen molar-refractivity contribution in [1.29, 1.82) is 0 Å². The molecule has 0 saturated heterocycles. The van der Waals surface area contributed by atoms with Gasteiger partial charge in [-0.25, -0.2) is 9.97 Å². The number of fused-ring (bicyclic) bond motifs is 1. The van der Waals surface area contributed by atoms with E-state index in [-0.39, 0.29) is 0 Å². The van der Waals surface area contributed by atoms with Crippen LogP contribution in [0.5, 0.6) is 0 Å². The van der Waals surface area contributed by atoms with Crippen molar-refractivity contribution in [3.63, 3.8) is 0 Å². The van der Waals surface area contributed by atoms with Crippen LogP contribution < -0.4 is 5.32 Å². The largest absolute Gasteiger partial charge is 0.370 e. The summed E-state index contributed by atoms with van der Waals surface area (Å²) >= 11 is 0. The average molecular weight is 150 g/mol. The van der Waals surface area contributed by atoms with Gasteiger partial charge in [0.2, 0.25) is 0 Å². The van der Waals surface area contributed by atoms with Crippen molar-refractivity contribution in [3.8, 4) is 0 Å². The maximum Gasteiger partial charge on any atom is 0.115 e. The summed E-state index contributed by atoms with van der Waals surface area (Å²) in [6, 6.07) is 0. The third-order valence-corrected chi connectivity index (χ3v) is 1.75. The Labute approximate surface area is 65.3 Å². The average Bonchev–Trinajstić information content (AvgIpc) is 2.04. The second-order valence-corrected chi connectivity index (χ2v) is 2.73. The van der Waals surface area contributed by atoms with Gasteiger partial charge in [0.15, 0.2) is 0 Å². The molecule has 2 heterocycles. The van der Waals surface area contributed by atoms with Crippen LogP contribution in [0.4, 0.5) is 5.69 Å². The number of aromatic nitrogens is 2. The van der Waals surface area contributed by atoms with Crippen LogP contribution in [0, 0.1) is 0 Å². The van der Waals surface area contributed by atoms with Crippen LogP contribution in [-0.2, 0) is 6.54 Å². The topological polar surface area (TPSA) is 41.0 Å².